The number of phenols is 1. The van der Waals surface area contributed by atoms with Crippen LogP contribution in [0, 0.1) is 19.9 Å². The summed E-state index contributed by atoms with van der Waals surface area (Å²) in [5.74, 6) is 0.299. The molecule has 0 spiro atoms. The van der Waals surface area contributed by atoms with Gasteiger partial charge in [-0.1, -0.05) is 24.3 Å². The Morgan fingerprint density at radius 2 is 1.93 bits per heavy atom. The Balaban J connectivity index is 2.58. The molecule has 75 valence electrons. The highest BCUT2D eigenvalue weighted by atomic mass is 16.3. The number of hydrogen-bond acceptors (Lipinski definition) is 1. The van der Waals surface area contributed by atoms with E-state index in [9.17, 15) is 5.11 Å². The highest BCUT2D eigenvalue weighted by Crippen LogP contribution is 2.26. The first kappa shape index (κ1) is 9.78. The molecule has 2 rings (SSSR count). The Kier molecular flexibility index (Phi) is 2.46. The van der Waals surface area contributed by atoms with Gasteiger partial charge in [0.15, 0.2) is 0 Å². The van der Waals surface area contributed by atoms with Crippen LogP contribution in [-0.4, -0.2) is 5.11 Å². The van der Waals surface area contributed by atoms with E-state index in [4.69, 9.17) is 0 Å². The van der Waals surface area contributed by atoms with Gasteiger partial charge in [-0.05, 0) is 54.3 Å². The van der Waals surface area contributed by atoms with Gasteiger partial charge in [0.1, 0.15) is 5.75 Å². The Labute approximate surface area is 90.0 Å². The average molecular weight is 197 g/mol. The summed E-state index contributed by atoms with van der Waals surface area (Å²) in [6, 6.07) is 14.6. The van der Waals surface area contributed by atoms with Crippen molar-refractivity contribution in [1.82, 2.24) is 0 Å². The summed E-state index contributed by atoms with van der Waals surface area (Å²) in [7, 11) is 0. The van der Waals surface area contributed by atoms with Crippen LogP contribution < -0.4 is 0 Å². The lowest BCUT2D eigenvalue weighted by Crippen LogP contribution is -1.84. The van der Waals surface area contributed by atoms with Crippen molar-refractivity contribution in [1.29, 1.82) is 0 Å². The Hall–Kier alpha value is -1.76. The maximum atomic E-state index is 9.42. The molecule has 0 fully saturated rings. The molecule has 0 saturated heterocycles. The first-order valence-corrected chi connectivity index (χ1v) is 4.95. The van der Waals surface area contributed by atoms with Gasteiger partial charge < -0.3 is 5.11 Å². The van der Waals surface area contributed by atoms with E-state index in [1.54, 1.807) is 12.1 Å². The Morgan fingerprint density at radius 3 is 2.67 bits per heavy atom. The van der Waals surface area contributed by atoms with Crippen LogP contribution in [0.5, 0.6) is 5.75 Å². The molecule has 0 aromatic heterocycles. The molecule has 15 heavy (non-hydrogen) atoms. The van der Waals surface area contributed by atoms with Gasteiger partial charge in [0.2, 0.25) is 0 Å². The minimum Gasteiger partial charge on any atom is -0.508 e. The van der Waals surface area contributed by atoms with Crippen molar-refractivity contribution in [3.63, 3.8) is 0 Å². The van der Waals surface area contributed by atoms with Gasteiger partial charge in [0, 0.05) is 0 Å². The van der Waals surface area contributed by atoms with Gasteiger partial charge in [-0.25, -0.2) is 0 Å². The number of aromatic hydroxyl groups is 1. The average Bonchev–Trinajstić information content (AvgIpc) is 2.22. The quantitative estimate of drug-likeness (QED) is 0.742. The van der Waals surface area contributed by atoms with Crippen LogP contribution in [0.4, 0.5) is 0 Å². The largest absolute Gasteiger partial charge is 0.508 e. The molecular formula is C14H13O. The van der Waals surface area contributed by atoms with Crippen molar-refractivity contribution in [3.05, 3.63) is 53.6 Å². The summed E-state index contributed by atoms with van der Waals surface area (Å²) >= 11 is 0. The molecule has 0 aliphatic heterocycles. The van der Waals surface area contributed by atoms with Crippen LogP contribution in [0.3, 0.4) is 0 Å². The van der Waals surface area contributed by atoms with E-state index in [0.717, 1.165) is 16.7 Å². The van der Waals surface area contributed by atoms with E-state index < -0.39 is 0 Å². The normalized spacial score (nSPS) is 10.3. The lowest BCUT2D eigenvalue weighted by molar-refractivity contribution is 0.475. The molecule has 2 aromatic carbocycles. The van der Waals surface area contributed by atoms with Gasteiger partial charge in [-0.2, -0.15) is 0 Å². The lowest BCUT2D eigenvalue weighted by Gasteiger charge is -2.07. The van der Waals surface area contributed by atoms with Crippen molar-refractivity contribution in [2.45, 2.75) is 13.8 Å². The van der Waals surface area contributed by atoms with Crippen LogP contribution in [-0.2, 0) is 0 Å². The monoisotopic (exact) mass is 197 g/mol. The fourth-order valence-corrected chi connectivity index (χ4v) is 1.65. The van der Waals surface area contributed by atoms with E-state index in [-0.39, 0.29) is 0 Å². The molecule has 1 nitrogen and oxygen atoms in total. The van der Waals surface area contributed by atoms with Crippen molar-refractivity contribution in [3.8, 4) is 16.9 Å². The molecule has 0 aliphatic rings. The third-order valence-electron chi connectivity index (χ3n) is 2.45. The third kappa shape index (κ3) is 2.01. The molecular weight excluding hydrogens is 184 g/mol. The molecule has 0 unspecified atom stereocenters. The second-order valence-electron chi connectivity index (χ2n) is 3.77. The Bertz CT molecular complexity index is 486. The van der Waals surface area contributed by atoms with Crippen LogP contribution >= 0.6 is 0 Å². The van der Waals surface area contributed by atoms with Gasteiger partial charge >= 0.3 is 0 Å². The molecule has 2 aromatic rings. The summed E-state index contributed by atoms with van der Waals surface area (Å²) < 4.78 is 0. The number of rotatable bonds is 1. The molecule has 0 bridgehead atoms. The zero-order valence-corrected chi connectivity index (χ0v) is 8.91. The maximum Gasteiger partial charge on any atom is 0.116 e. The fraction of sp³-hybridized carbons (Fsp3) is 0.143. The second kappa shape index (κ2) is 3.77. The molecule has 0 amide bonds. The molecule has 1 N–H and O–H groups in total. The van der Waals surface area contributed by atoms with Gasteiger partial charge in [-0.3, -0.25) is 0 Å². The molecule has 0 aliphatic carbocycles. The number of benzene rings is 2. The standard InChI is InChI=1S/C14H13O/c1-10-6-7-11(2)14(8-10)12-4-3-5-13(15)9-12/h3-6,8-9,15H,1-2H3. The SMILES string of the molecule is Cc1c[c]c(C)c(-c2cccc(O)c2)c1. The van der Waals surface area contributed by atoms with Crippen molar-refractivity contribution >= 4 is 0 Å². The summed E-state index contributed by atoms with van der Waals surface area (Å²) in [5.41, 5.74) is 4.45. The van der Waals surface area contributed by atoms with Crippen LogP contribution in [0.25, 0.3) is 11.1 Å². The minimum atomic E-state index is 0.299. The van der Waals surface area contributed by atoms with Crippen LogP contribution in [0.1, 0.15) is 11.1 Å². The predicted octanol–water partition coefficient (Wildman–Crippen LogP) is 3.48. The van der Waals surface area contributed by atoms with E-state index in [0.29, 0.717) is 5.75 Å². The summed E-state index contributed by atoms with van der Waals surface area (Å²) in [5, 5.41) is 9.42. The lowest BCUT2D eigenvalue weighted by atomic mass is 9.98. The smallest absolute Gasteiger partial charge is 0.116 e. The maximum absolute atomic E-state index is 9.42. The number of hydrogen-bond donors (Lipinski definition) is 1. The summed E-state index contributed by atoms with van der Waals surface area (Å²) in [4.78, 5) is 0. The van der Waals surface area contributed by atoms with Gasteiger partial charge in [0.25, 0.3) is 0 Å². The topological polar surface area (TPSA) is 20.2 Å². The summed E-state index contributed by atoms with van der Waals surface area (Å²) in [6.07, 6.45) is 0. The zero-order valence-electron chi connectivity index (χ0n) is 8.91. The molecule has 1 heteroatoms. The third-order valence-corrected chi connectivity index (χ3v) is 2.45. The number of phenolic OH excluding ortho intramolecular Hbond substituents is 1. The fourth-order valence-electron chi connectivity index (χ4n) is 1.65. The molecule has 0 heterocycles. The van der Waals surface area contributed by atoms with Crippen molar-refractivity contribution in [2.75, 3.05) is 0 Å². The van der Waals surface area contributed by atoms with Crippen molar-refractivity contribution < 1.29 is 5.11 Å². The van der Waals surface area contributed by atoms with E-state index in [1.165, 1.54) is 5.56 Å². The molecule has 0 saturated carbocycles. The second-order valence-corrected chi connectivity index (χ2v) is 3.77. The van der Waals surface area contributed by atoms with E-state index in [1.807, 2.05) is 32.0 Å². The summed E-state index contributed by atoms with van der Waals surface area (Å²) in [6.45, 7) is 4.07. The zero-order chi connectivity index (χ0) is 10.8. The minimum absolute atomic E-state index is 0.299. The first-order chi connectivity index (χ1) is 7.16. The highest BCUT2D eigenvalue weighted by molar-refractivity contribution is 5.68. The Morgan fingerprint density at radius 1 is 1.13 bits per heavy atom. The van der Waals surface area contributed by atoms with Gasteiger partial charge in [0.05, 0.1) is 0 Å². The van der Waals surface area contributed by atoms with Crippen LogP contribution in [0.15, 0.2) is 36.4 Å². The predicted molar refractivity (Wildman–Crippen MR) is 61.9 cm³/mol. The van der Waals surface area contributed by atoms with Gasteiger partial charge in [-0.15, -0.1) is 0 Å². The van der Waals surface area contributed by atoms with E-state index in [2.05, 4.69) is 12.1 Å². The molecule has 1 radical (unpaired) electrons. The number of aryl methyl sites for hydroxylation is 2. The van der Waals surface area contributed by atoms with Crippen LogP contribution in [0.2, 0.25) is 0 Å². The van der Waals surface area contributed by atoms with Crippen molar-refractivity contribution in [2.24, 2.45) is 0 Å². The first-order valence-electron chi connectivity index (χ1n) is 4.95. The highest BCUT2D eigenvalue weighted by Gasteiger charge is 2.02. The van der Waals surface area contributed by atoms with E-state index >= 15 is 0 Å². The molecule has 0 atom stereocenters.